The van der Waals surface area contributed by atoms with Crippen molar-refractivity contribution in [2.24, 2.45) is 0 Å². The molecule has 0 radical (unpaired) electrons. The van der Waals surface area contributed by atoms with Crippen molar-refractivity contribution in [2.45, 2.75) is 0 Å². The predicted octanol–water partition coefficient (Wildman–Crippen LogP) is 16.1. The molecule has 0 saturated heterocycles. The summed E-state index contributed by atoms with van der Waals surface area (Å²) in [6, 6.07) is 76.3. The fraction of sp³-hybridized carbons (Fsp3) is 0. The number of fused-ring (bicyclic) bond motifs is 6. The predicted molar refractivity (Wildman–Crippen MR) is 243 cm³/mol. The van der Waals surface area contributed by atoms with Crippen LogP contribution in [0, 0.1) is 0 Å². The smallest absolute Gasteiger partial charge is 0.137 e. The van der Waals surface area contributed by atoms with Crippen molar-refractivity contribution >= 4 is 70.5 Å². The zero-order valence-corrected chi connectivity index (χ0v) is 31.8. The largest absolute Gasteiger partial charge is 0.456 e. The third-order valence-electron chi connectivity index (χ3n) is 11.0. The summed E-state index contributed by atoms with van der Waals surface area (Å²) in [4.78, 5) is 2.39. The summed E-state index contributed by atoms with van der Waals surface area (Å²) in [6.45, 7) is 0. The molecule has 0 spiro atoms. The number of hydrogen-bond acceptors (Lipinski definition) is 3. The van der Waals surface area contributed by atoms with Crippen molar-refractivity contribution in [3.05, 3.63) is 212 Å². The van der Waals surface area contributed by atoms with Crippen LogP contribution in [0.3, 0.4) is 0 Å². The number of furan rings is 1. The Morgan fingerprint density at radius 1 is 0.333 bits per heavy atom. The molecule has 3 heteroatoms. The minimum atomic E-state index is 0.871. The molecule has 0 aliphatic carbocycles. The van der Waals surface area contributed by atoms with E-state index in [9.17, 15) is 0 Å². The van der Waals surface area contributed by atoms with Gasteiger partial charge < -0.3 is 9.32 Å². The second kappa shape index (κ2) is 13.8. The topological polar surface area (TPSA) is 16.4 Å². The van der Waals surface area contributed by atoms with Crippen LogP contribution in [-0.4, -0.2) is 0 Å². The maximum atomic E-state index is 6.47. The van der Waals surface area contributed by atoms with Gasteiger partial charge in [-0.15, -0.1) is 11.3 Å². The van der Waals surface area contributed by atoms with E-state index in [-0.39, 0.29) is 0 Å². The maximum Gasteiger partial charge on any atom is 0.137 e. The molecule has 11 aromatic rings. The van der Waals surface area contributed by atoms with Crippen LogP contribution < -0.4 is 4.90 Å². The Morgan fingerprint density at radius 3 is 1.46 bits per heavy atom. The molecule has 0 bridgehead atoms. The average molecular weight is 746 g/mol. The first-order valence-corrected chi connectivity index (χ1v) is 20.2. The van der Waals surface area contributed by atoms with Gasteiger partial charge in [0.15, 0.2) is 0 Å². The number of hydrogen-bond donors (Lipinski definition) is 0. The molecule has 0 amide bonds. The SMILES string of the molecule is c1ccc(-c2c(-c3ccccc3)c(-c3ccccc3)c3c(sc4c(N(c5ccccc5)c5ccc6c(c5)oc5ccccc56)cccc43)c2-c2ccccc2)cc1. The highest BCUT2D eigenvalue weighted by Crippen LogP contribution is 2.56. The lowest BCUT2D eigenvalue weighted by molar-refractivity contribution is 0.669. The third kappa shape index (κ3) is 5.55. The summed E-state index contributed by atoms with van der Waals surface area (Å²) in [6.07, 6.45) is 0. The van der Waals surface area contributed by atoms with E-state index in [2.05, 4.69) is 205 Å². The summed E-state index contributed by atoms with van der Waals surface area (Å²) < 4.78 is 8.95. The number of anilines is 3. The van der Waals surface area contributed by atoms with Gasteiger partial charge in [-0.3, -0.25) is 0 Å². The van der Waals surface area contributed by atoms with E-state index < -0.39 is 0 Å². The van der Waals surface area contributed by atoms with Gasteiger partial charge >= 0.3 is 0 Å². The van der Waals surface area contributed by atoms with E-state index in [4.69, 9.17) is 4.42 Å². The number of rotatable bonds is 7. The lowest BCUT2D eigenvalue weighted by atomic mass is 9.80. The Balaban J connectivity index is 1.30. The van der Waals surface area contributed by atoms with E-state index in [1.807, 2.05) is 23.5 Å². The van der Waals surface area contributed by atoms with Gasteiger partial charge in [0.05, 0.1) is 10.4 Å². The minimum absolute atomic E-state index is 0.871. The highest BCUT2D eigenvalue weighted by Gasteiger charge is 2.28. The van der Waals surface area contributed by atoms with E-state index in [0.717, 1.165) is 39.0 Å². The van der Waals surface area contributed by atoms with Crippen molar-refractivity contribution in [1.82, 2.24) is 0 Å². The summed E-state index contributed by atoms with van der Waals surface area (Å²) in [5.74, 6) is 0. The molecule has 57 heavy (non-hydrogen) atoms. The van der Waals surface area contributed by atoms with Gasteiger partial charge in [-0.25, -0.2) is 0 Å². The molecule has 0 atom stereocenters. The van der Waals surface area contributed by atoms with Crippen LogP contribution in [0.5, 0.6) is 0 Å². The van der Waals surface area contributed by atoms with Crippen LogP contribution in [0.4, 0.5) is 17.1 Å². The summed E-state index contributed by atoms with van der Waals surface area (Å²) >= 11 is 1.89. The first kappa shape index (κ1) is 33.2. The fourth-order valence-electron chi connectivity index (χ4n) is 8.61. The Hall–Kier alpha value is -7.20. The molecular formula is C54H35NOS. The van der Waals surface area contributed by atoms with Crippen molar-refractivity contribution in [2.75, 3.05) is 4.90 Å². The number of benzene rings is 9. The molecule has 0 N–H and O–H groups in total. The highest BCUT2D eigenvalue weighted by molar-refractivity contribution is 7.27. The molecule has 0 saturated carbocycles. The van der Waals surface area contributed by atoms with Gasteiger partial charge in [0.2, 0.25) is 0 Å². The molecule has 0 aliphatic heterocycles. The van der Waals surface area contributed by atoms with Crippen LogP contribution in [0.25, 0.3) is 86.6 Å². The maximum absolute atomic E-state index is 6.47. The number of para-hydroxylation sites is 2. The minimum Gasteiger partial charge on any atom is -0.456 e. The van der Waals surface area contributed by atoms with E-state index in [0.29, 0.717) is 0 Å². The molecule has 2 aromatic heterocycles. The zero-order valence-electron chi connectivity index (χ0n) is 31.0. The van der Waals surface area contributed by atoms with Crippen LogP contribution >= 0.6 is 11.3 Å². The summed E-state index contributed by atoms with van der Waals surface area (Å²) in [5, 5.41) is 4.74. The van der Waals surface area contributed by atoms with Crippen molar-refractivity contribution in [3.63, 3.8) is 0 Å². The molecule has 11 rings (SSSR count). The van der Waals surface area contributed by atoms with Gasteiger partial charge in [-0.1, -0.05) is 170 Å². The molecule has 268 valence electrons. The van der Waals surface area contributed by atoms with Crippen molar-refractivity contribution in [1.29, 1.82) is 0 Å². The summed E-state index contributed by atoms with van der Waals surface area (Å²) in [7, 11) is 0. The van der Waals surface area contributed by atoms with E-state index >= 15 is 0 Å². The second-order valence-corrected chi connectivity index (χ2v) is 15.4. The Morgan fingerprint density at radius 2 is 0.825 bits per heavy atom. The van der Waals surface area contributed by atoms with Gasteiger partial charge in [0.1, 0.15) is 11.2 Å². The van der Waals surface area contributed by atoms with Crippen LogP contribution in [0.2, 0.25) is 0 Å². The Bertz CT molecular complexity index is 3210. The lowest BCUT2D eigenvalue weighted by Gasteiger charge is -2.26. The number of nitrogens with zero attached hydrogens (tertiary/aromatic N) is 1. The van der Waals surface area contributed by atoms with E-state index in [1.165, 1.54) is 64.7 Å². The van der Waals surface area contributed by atoms with Crippen LogP contribution in [0.15, 0.2) is 217 Å². The van der Waals surface area contributed by atoms with Gasteiger partial charge in [-0.05, 0) is 75.3 Å². The average Bonchev–Trinajstić information content (AvgIpc) is 3.86. The Labute approximate surface area is 335 Å². The lowest BCUT2D eigenvalue weighted by Crippen LogP contribution is -2.09. The fourth-order valence-corrected chi connectivity index (χ4v) is 10.00. The monoisotopic (exact) mass is 745 g/mol. The number of thiophene rings is 1. The molecule has 0 unspecified atom stereocenters. The first-order chi connectivity index (χ1) is 28.3. The summed E-state index contributed by atoms with van der Waals surface area (Å²) in [5.41, 5.74) is 14.7. The quantitative estimate of drug-likeness (QED) is 0.162. The van der Waals surface area contributed by atoms with Crippen molar-refractivity contribution < 1.29 is 4.42 Å². The van der Waals surface area contributed by atoms with Crippen LogP contribution in [-0.2, 0) is 0 Å². The van der Waals surface area contributed by atoms with Gasteiger partial charge in [-0.2, -0.15) is 0 Å². The van der Waals surface area contributed by atoms with Crippen LogP contribution in [0.1, 0.15) is 0 Å². The molecule has 0 aliphatic rings. The van der Waals surface area contributed by atoms with E-state index in [1.54, 1.807) is 0 Å². The normalized spacial score (nSPS) is 11.5. The standard InChI is InChI=1S/C54H35NOS/c1-6-19-36(20-7-1)48-49(37-21-8-2-9-22-37)51(39-25-12-4-13-26-39)54-52(50(48)38-23-10-3-11-24-38)44-30-18-31-45(53(44)57-54)55(40-27-14-5-15-28-40)41-33-34-43-42-29-16-17-32-46(42)56-47(43)35-41/h1-35H. The molecular weight excluding hydrogens is 711 g/mol. The second-order valence-electron chi connectivity index (χ2n) is 14.4. The molecule has 2 heterocycles. The molecule has 2 nitrogen and oxygen atoms in total. The Kier molecular flexibility index (Phi) is 8.04. The van der Waals surface area contributed by atoms with Gasteiger partial charge in [0, 0.05) is 49.2 Å². The molecule has 0 fully saturated rings. The van der Waals surface area contributed by atoms with Crippen molar-refractivity contribution in [3.8, 4) is 44.5 Å². The van der Waals surface area contributed by atoms with Gasteiger partial charge in [0.25, 0.3) is 0 Å². The highest BCUT2D eigenvalue weighted by atomic mass is 32.1. The zero-order chi connectivity index (χ0) is 37.7. The third-order valence-corrected chi connectivity index (χ3v) is 12.3. The molecule has 9 aromatic carbocycles. The first-order valence-electron chi connectivity index (χ1n) is 19.4.